The summed E-state index contributed by atoms with van der Waals surface area (Å²) in [5.74, 6) is 0.161. The molecule has 0 radical (unpaired) electrons. The maximum atomic E-state index is 11.7. The molecule has 0 atom stereocenters. The Morgan fingerprint density at radius 1 is 1.52 bits per heavy atom. The first-order chi connectivity index (χ1) is 9.82. The number of fused-ring (bicyclic) bond motifs is 1. The highest BCUT2D eigenvalue weighted by molar-refractivity contribution is 5.78. The van der Waals surface area contributed by atoms with E-state index in [0.29, 0.717) is 24.6 Å². The van der Waals surface area contributed by atoms with Gasteiger partial charge in [-0.25, -0.2) is 0 Å². The van der Waals surface area contributed by atoms with Gasteiger partial charge in [-0.1, -0.05) is 0 Å². The highest BCUT2D eigenvalue weighted by Crippen LogP contribution is 2.39. The fourth-order valence-electron chi connectivity index (χ4n) is 2.33. The maximum absolute atomic E-state index is 11.7. The van der Waals surface area contributed by atoms with Gasteiger partial charge < -0.3 is 14.4 Å². The summed E-state index contributed by atoms with van der Waals surface area (Å²) in [4.78, 5) is 23.9. The van der Waals surface area contributed by atoms with Gasteiger partial charge in [-0.05, 0) is 26.8 Å². The molecule has 1 aromatic carbocycles. The van der Waals surface area contributed by atoms with E-state index >= 15 is 0 Å². The van der Waals surface area contributed by atoms with E-state index in [4.69, 9.17) is 9.47 Å². The van der Waals surface area contributed by atoms with Crippen molar-refractivity contribution in [2.24, 2.45) is 0 Å². The fourth-order valence-corrected chi connectivity index (χ4v) is 2.33. The van der Waals surface area contributed by atoms with Gasteiger partial charge in [0.2, 0.25) is 0 Å². The number of non-ortho nitro benzene ring substituents is 1. The predicted octanol–water partition coefficient (Wildman–Crippen LogP) is 2.14. The molecule has 1 aromatic rings. The number of nitrogens with zero attached hydrogens (tertiary/aromatic N) is 2. The van der Waals surface area contributed by atoms with E-state index in [2.05, 4.69) is 0 Å². The first-order valence-electron chi connectivity index (χ1n) is 6.70. The molecule has 7 nitrogen and oxygen atoms in total. The smallest absolute Gasteiger partial charge is 0.325 e. The number of benzene rings is 1. The van der Waals surface area contributed by atoms with E-state index in [9.17, 15) is 14.9 Å². The summed E-state index contributed by atoms with van der Waals surface area (Å²) in [7, 11) is 0. The molecule has 0 amide bonds. The summed E-state index contributed by atoms with van der Waals surface area (Å²) in [6, 6.07) is 4.37. The zero-order valence-corrected chi connectivity index (χ0v) is 12.3. The van der Waals surface area contributed by atoms with E-state index < -0.39 is 10.5 Å². The second-order valence-electron chi connectivity index (χ2n) is 5.43. The third kappa shape index (κ3) is 3.42. The van der Waals surface area contributed by atoms with E-state index in [1.54, 1.807) is 17.9 Å². The zero-order valence-electron chi connectivity index (χ0n) is 12.3. The third-order valence-corrected chi connectivity index (χ3v) is 3.08. The maximum Gasteiger partial charge on any atom is 0.325 e. The second kappa shape index (κ2) is 5.59. The van der Waals surface area contributed by atoms with Crippen molar-refractivity contribution < 1.29 is 19.2 Å². The van der Waals surface area contributed by atoms with Gasteiger partial charge in [0.1, 0.15) is 17.9 Å². The van der Waals surface area contributed by atoms with E-state index in [0.717, 1.165) is 0 Å². The summed E-state index contributed by atoms with van der Waals surface area (Å²) >= 11 is 0. The van der Waals surface area contributed by atoms with Gasteiger partial charge in [-0.3, -0.25) is 14.9 Å². The minimum absolute atomic E-state index is 0.0362. The number of nitro benzene ring substituents is 1. The number of anilines is 1. The van der Waals surface area contributed by atoms with Gasteiger partial charge in [0.15, 0.2) is 0 Å². The molecular formula is C14H18N2O5. The third-order valence-electron chi connectivity index (χ3n) is 3.08. The highest BCUT2D eigenvalue weighted by Gasteiger charge is 2.33. The van der Waals surface area contributed by atoms with Crippen LogP contribution in [0.25, 0.3) is 0 Å². The lowest BCUT2D eigenvalue weighted by Crippen LogP contribution is -2.48. The Morgan fingerprint density at radius 2 is 2.24 bits per heavy atom. The molecule has 1 heterocycles. The molecule has 0 unspecified atom stereocenters. The largest absolute Gasteiger partial charge is 0.484 e. The lowest BCUT2D eigenvalue weighted by molar-refractivity contribution is -0.384. The number of carbonyl (C=O) groups is 1. The molecule has 0 bridgehead atoms. The van der Waals surface area contributed by atoms with E-state index in [1.165, 1.54) is 12.1 Å². The molecule has 1 aliphatic rings. The predicted molar refractivity (Wildman–Crippen MR) is 76.6 cm³/mol. The Bertz CT molecular complexity index is 570. The molecule has 0 saturated heterocycles. The molecule has 0 spiro atoms. The molecule has 0 saturated carbocycles. The van der Waals surface area contributed by atoms with Crippen LogP contribution in [0.3, 0.4) is 0 Å². The number of hydrogen-bond acceptors (Lipinski definition) is 6. The lowest BCUT2D eigenvalue weighted by Gasteiger charge is -2.40. The topological polar surface area (TPSA) is 81.9 Å². The molecule has 2 rings (SSSR count). The monoisotopic (exact) mass is 294 g/mol. The number of nitro groups is 1. The SMILES string of the molecule is CCOC(=O)CN1CC(C)(C)Oc2ccc([N+](=O)[O-])cc21. The molecule has 114 valence electrons. The van der Waals surface area contributed by atoms with Crippen LogP contribution in [0.4, 0.5) is 11.4 Å². The second-order valence-corrected chi connectivity index (χ2v) is 5.43. The van der Waals surface area contributed by atoms with Crippen LogP contribution >= 0.6 is 0 Å². The number of ether oxygens (including phenoxy) is 2. The Balaban J connectivity index is 2.35. The van der Waals surface area contributed by atoms with Crippen LogP contribution < -0.4 is 9.64 Å². The molecule has 0 fully saturated rings. The molecule has 0 aromatic heterocycles. The van der Waals surface area contributed by atoms with Crippen LogP contribution in [0.5, 0.6) is 5.75 Å². The van der Waals surface area contributed by atoms with Crippen molar-refractivity contribution in [2.75, 3.05) is 24.6 Å². The standard InChI is InChI=1S/C14H18N2O5/c1-4-20-13(17)8-15-9-14(2,3)21-12-6-5-10(16(18)19)7-11(12)15/h5-7H,4,8-9H2,1-3H3. The average molecular weight is 294 g/mol. The van der Waals surface area contributed by atoms with Crippen molar-refractivity contribution in [3.63, 3.8) is 0 Å². The van der Waals surface area contributed by atoms with Gasteiger partial charge in [0.05, 0.1) is 23.8 Å². The molecular weight excluding hydrogens is 276 g/mol. The first-order valence-corrected chi connectivity index (χ1v) is 6.70. The number of carbonyl (C=O) groups excluding carboxylic acids is 1. The minimum atomic E-state index is -0.490. The molecule has 7 heteroatoms. The molecule has 1 aliphatic heterocycles. The van der Waals surface area contributed by atoms with Crippen molar-refractivity contribution in [2.45, 2.75) is 26.4 Å². The van der Waals surface area contributed by atoms with Crippen molar-refractivity contribution in [3.8, 4) is 5.75 Å². The van der Waals surface area contributed by atoms with Crippen LogP contribution in [0, 0.1) is 10.1 Å². The summed E-state index contributed by atoms with van der Waals surface area (Å²) in [5.41, 5.74) is 0.0119. The molecule has 0 N–H and O–H groups in total. The summed E-state index contributed by atoms with van der Waals surface area (Å²) < 4.78 is 10.8. The van der Waals surface area contributed by atoms with E-state index in [-0.39, 0.29) is 18.2 Å². The van der Waals surface area contributed by atoms with Crippen LogP contribution in [0.15, 0.2) is 18.2 Å². The minimum Gasteiger partial charge on any atom is -0.484 e. The zero-order chi connectivity index (χ0) is 15.6. The van der Waals surface area contributed by atoms with E-state index in [1.807, 2.05) is 13.8 Å². The van der Waals surface area contributed by atoms with Crippen LogP contribution in [0.2, 0.25) is 0 Å². The molecule has 0 aliphatic carbocycles. The van der Waals surface area contributed by atoms with Crippen molar-refractivity contribution in [1.82, 2.24) is 0 Å². The van der Waals surface area contributed by atoms with Crippen molar-refractivity contribution in [1.29, 1.82) is 0 Å². The fraction of sp³-hybridized carbons (Fsp3) is 0.500. The van der Waals surface area contributed by atoms with Crippen molar-refractivity contribution in [3.05, 3.63) is 28.3 Å². The Hall–Kier alpha value is -2.31. The number of hydrogen-bond donors (Lipinski definition) is 0. The Kier molecular flexibility index (Phi) is 4.02. The summed E-state index contributed by atoms with van der Waals surface area (Å²) in [5, 5.41) is 10.9. The Labute approximate surface area is 122 Å². The van der Waals surface area contributed by atoms with Gasteiger partial charge >= 0.3 is 5.97 Å². The highest BCUT2D eigenvalue weighted by atomic mass is 16.6. The van der Waals surface area contributed by atoms with Gasteiger partial charge in [0.25, 0.3) is 5.69 Å². The van der Waals surface area contributed by atoms with Crippen LogP contribution in [0.1, 0.15) is 20.8 Å². The Morgan fingerprint density at radius 3 is 2.86 bits per heavy atom. The quantitative estimate of drug-likeness (QED) is 0.480. The lowest BCUT2D eigenvalue weighted by atomic mass is 10.0. The van der Waals surface area contributed by atoms with Crippen molar-refractivity contribution >= 4 is 17.3 Å². The number of esters is 1. The van der Waals surface area contributed by atoms with Gasteiger partial charge in [0, 0.05) is 12.1 Å². The van der Waals surface area contributed by atoms with Crippen LogP contribution in [-0.4, -0.2) is 36.2 Å². The summed E-state index contributed by atoms with van der Waals surface area (Å²) in [6.45, 7) is 6.31. The first kappa shape index (κ1) is 15.1. The van der Waals surface area contributed by atoms with Gasteiger partial charge in [-0.2, -0.15) is 0 Å². The van der Waals surface area contributed by atoms with Crippen LogP contribution in [-0.2, 0) is 9.53 Å². The van der Waals surface area contributed by atoms with Gasteiger partial charge in [-0.15, -0.1) is 0 Å². The number of rotatable bonds is 4. The summed E-state index contributed by atoms with van der Waals surface area (Å²) in [6.07, 6.45) is 0. The average Bonchev–Trinajstić information content (AvgIpc) is 2.37. The molecule has 21 heavy (non-hydrogen) atoms. The normalized spacial score (nSPS) is 15.9.